The highest BCUT2D eigenvalue weighted by atomic mass is 35.5. The fraction of sp³-hybridized carbons (Fsp3) is 0.500. The second-order valence-electron chi connectivity index (χ2n) is 7.77. The summed E-state index contributed by atoms with van der Waals surface area (Å²) in [6.45, 7) is 2.58. The first-order chi connectivity index (χ1) is 14.0. The molecule has 0 unspecified atom stereocenters. The van der Waals surface area contributed by atoms with Crippen LogP contribution in [0.5, 0.6) is 0 Å². The lowest BCUT2D eigenvalue weighted by atomic mass is 9.86. The molecule has 3 atom stereocenters. The molecular formula is C20H27ClN6O2. The van der Waals surface area contributed by atoms with Crippen molar-refractivity contribution >= 4 is 29.0 Å². The minimum atomic E-state index is -0.527. The summed E-state index contributed by atoms with van der Waals surface area (Å²) in [6.07, 6.45) is 5.56. The average molecular weight is 419 g/mol. The topological polar surface area (TPSA) is 111 Å². The van der Waals surface area contributed by atoms with Crippen LogP contribution in [0.15, 0.2) is 30.5 Å². The van der Waals surface area contributed by atoms with Crippen LogP contribution in [0.2, 0.25) is 5.02 Å². The summed E-state index contributed by atoms with van der Waals surface area (Å²) >= 11 is 5.94. The molecule has 0 radical (unpaired) electrons. The van der Waals surface area contributed by atoms with Gasteiger partial charge in [0.25, 0.3) is 5.91 Å². The highest BCUT2D eigenvalue weighted by Gasteiger charge is 2.34. The maximum Gasteiger partial charge on any atom is 0.254 e. The van der Waals surface area contributed by atoms with Crippen molar-refractivity contribution in [1.82, 2.24) is 14.7 Å². The van der Waals surface area contributed by atoms with Crippen molar-refractivity contribution in [3.63, 3.8) is 0 Å². The molecule has 1 aliphatic carbocycles. The fourth-order valence-corrected chi connectivity index (χ4v) is 4.36. The third kappa shape index (κ3) is 4.56. The van der Waals surface area contributed by atoms with Crippen molar-refractivity contribution in [2.45, 2.75) is 43.8 Å². The van der Waals surface area contributed by atoms with E-state index in [1.54, 1.807) is 23.0 Å². The van der Waals surface area contributed by atoms with E-state index in [1.807, 2.05) is 12.1 Å². The van der Waals surface area contributed by atoms with Gasteiger partial charge in [-0.1, -0.05) is 11.6 Å². The Morgan fingerprint density at radius 1 is 1.28 bits per heavy atom. The van der Waals surface area contributed by atoms with Crippen LogP contribution in [-0.4, -0.2) is 52.6 Å². The number of hydrogen-bond donors (Lipinski definition) is 3. The molecular weight excluding hydrogens is 392 g/mol. The Balaban J connectivity index is 1.49. The zero-order chi connectivity index (χ0) is 20.4. The SMILES string of the molecule is NC(=O)c1cn([C@H]2CC[C@H](N3CCCOC3)C[C@@H]2N)nc1Nc1ccc(Cl)cc1. The van der Waals surface area contributed by atoms with E-state index in [-0.39, 0.29) is 12.1 Å². The highest BCUT2D eigenvalue weighted by molar-refractivity contribution is 6.30. The number of ether oxygens (including phenoxy) is 1. The Bertz CT molecular complexity index is 849. The van der Waals surface area contributed by atoms with E-state index in [0.29, 0.717) is 29.2 Å². The molecule has 2 fully saturated rings. The van der Waals surface area contributed by atoms with Gasteiger partial charge in [0.05, 0.1) is 12.8 Å². The molecule has 1 aromatic carbocycles. The first-order valence-electron chi connectivity index (χ1n) is 10.00. The molecule has 2 heterocycles. The Labute approximate surface area is 175 Å². The summed E-state index contributed by atoms with van der Waals surface area (Å²) < 4.78 is 7.39. The molecule has 1 saturated heterocycles. The van der Waals surface area contributed by atoms with Crippen molar-refractivity contribution in [3.05, 3.63) is 41.0 Å². The first-order valence-corrected chi connectivity index (χ1v) is 10.4. The predicted molar refractivity (Wildman–Crippen MR) is 112 cm³/mol. The molecule has 4 rings (SSSR count). The van der Waals surface area contributed by atoms with Crippen molar-refractivity contribution in [3.8, 4) is 0 Å². The van der Waals surface area contributed by atoms with Gasteiger partial charge in [-0.2, -0.15) is 5.10 Å². The number of amides is 1. The lowest BCUT2D eigenvalue weighted by molar-refractivity contribution is -0.0472. The Kier molecular flexibility index (Phi) is 6.05. The molecule has 156 valence electrons. The van der Waals surface area contributed by atoms with Gasteiger partial charge in [-0.25, -0.2) is 0 Å². The second-order valence-corrected chi connectivity index (χ2v) is 8.21. The largest absolute Gasteiger partial charge is 0.366 e. The minimum Gasteiger partial charge on any atom is -0.366 e. The van der Waals surface area contributed by atoms with Crippen LogP contribution in [0.25, 0.3) is 0 Å². The van der Waals surface area contributed by atoms with Crippen molar-refractivity contribution in [2.75, 3.05) is 25.2 Å². The van der Waals surface area contributed by atoms with E-state index >= 15 is 0 Å². The maximum absolute atomic E-state index is 12.0. The second kappa shape index (κ2) is 8.71. The van der Waals surface area contributed by atoms with E-state index in [0.717, 1.165) is 44.5 Å². The summed E-state index contributed by atoms with van der Waals surface area (Å²) in [4.78, 5) is 14.3. The molecule has 5 N–H and O–H groups in total. The fourth-order valence-electron chi connectivity index (χ4n) is 4.23. The highest BCUT2D eigenvalue weighted by Crippen LogP contribution is 2.32. The van der Waals surface area contributed by atoms with Gasteiger partial charge in [-0.05, 0) is 49.9 Å². The number of aromatic nitrogens is 2. The van der Waals surface area contributed by atoms with Crippen molar-refractivity contribution < 1.29 is 9.53 Å². The monoisotopic (exact) mass is 418 g/mol. The Hall–Kier alpha value is -2.13. The molecule has 0 bridgehead atoms. The molecule has 1 amide bonds. The lowest BCUT2D eigenvalue weighted by Gasteiger charge is -2.41. The number of carbonyl (C=O) groups is 1. The van der Waals surface area contributed by atoms with Crippen LogP contribution in [0.3, 0.4) is 0 Å². The van der Waals surface area contributed by atoms with Crippen LogP contribution >= 0.6 is 11.6 Å². The predicted octanol–water partition coefficient (Wildman–Crippen LogP) is 2.48. The molecule has 0 spiro atoms. The third-order valence-corrected chi connectivity index (χ3v) is 6.04. The quantitative estimate of drug-likeness (QED) is 0.687. The van der Waals surface area contributed by atoms with Gasteiger partial charge in [0.2, 0.25) is 0 Å². The standard InChI is InChI=1S/C20H27ClN6O2/c21-13-2-4-14(5-3-13)24-20-16(19(23)28)11-27(25-20)18-7-6-15(10-17(18)22)26-8-1-9-29-12-26/h2-5,11,15,17-18H,1,6-10,12,22H2,(H2,23,28)(H,24,25)/t15-,17-,18-/m0/s1. The number of anilines is 2. The average Bonchev–Trinajstić information content (AvgIpc) is 3.14. The minimum absolute atomic E-state index is 0.0239. The van der Waals surface area contributed by atoms with Crippen LogP contribution < -0.4 is 16.8 Å². The lowest BCUT2D eigenvalue weighted by Crippen LogP contribution is -2.49. The molecule has 2 aromatic rings. The van der Waals surface area contributed by atoms with Crippen molar-refractivity contribution in [2.24, 2.45) is 11.5 Å². The zero-order valence-corrected chi connectivity index (χ0v) is 17.0. The van der Waals surface area contributed by atoms with Gasteiger partial charge in [0.15, 0.2) is 5.82 Å². The van der Waals surface area contributed by atoms with Crippen LogP contribution in [-0.2, 0) is 4.74 Å². The van der Waals surface area contributed by atoms with E-state index in [1.165, 1.54) is 0 Å². The number of halogens is 1. The number of nitrogens with one attached hydrogen (secondary N) is 1. The normalized spacial score (nSPS) is 25.7. The molecule has 2 aliphatic rings. The van der Waals surface area contributed by atoms with Crippen molar-refractivity contribution in [1.29, 1.82) is 0 Å². The molecule has 9 heteroatoms. The molecule has 1 aromatic heterocycles. The van der Waals surface area contributed by atoms with E-state index in [4.69, 9.17) is 27.8 Å². The molecule has 1 aliphatic heterocycles. The van der Waals surface area contributed by atoms with Gasteiger partial charge in [-0.15, -0.1) is 0 Å². The number of hydrogen-bond acceptors (Lipinski definition) is 6. The smallest absolute Gasteiger partial charge is 0.254 e. The Morgan fingerprint density at radius 2 is 2.07 bits per heavy atom. The van der Waals surface area contributed by atoms with Gasteiger partial charge in [0.1, 0.15) is 5.56 Å². The number of carbonyl (C=O) groups excluding carboxylic acids is 1. The maximum atomic E-state index is 12.0. The molecule has 1 saturated carbocycles. The van der Waals surface area contributed by atoms with Gasteiger partial charge < -0.3 is 21.5 Å². The number of nitrogens with two attached hydrogens (primary N) is 2. The van der Waals surface area contributed by atoms with Crippen LogP contribution in [0.4, 0.5) is 11.5 Å². The summed E-state index contributed by atoms with van der Waals surface area (Å²) in [5, 5.41) is 8.41. The van der Waals surface area contributed by atoms with Gasteiger partial charge in [0, 0.05) is 42.1 Å². The van der Waals surface area contributed by atoms with Gasteiger partial charge in [-0.3, -0.25) is 14.4 Å². The van der Waals surface area contributed by atoms with E-state index < -0.39 is 5.91 Å². The first kappa shape index (κ1) is 20.2. The Morgan fingerprint density at radius 3 is 2.72 bits per heavy atom. The number of primary amides is 1. The third-order valence-electron chi connectivity index (χ3n) is 5.79. The summed E-state index contributed by atoms with van der Waals surface area (Å²) in [7, 11) is 0. The van der Waals surface area contributed by atoms with Crippen LogP contribution in [0, 0.1) is 0 Å². The van der Waals surface area contributed by atoms with E-state index in [9.17, 15) is 4.79 Å². The molecule has 8 nitrogen and oxygen atoms in total. The number of nitrogens with zero attached hydrogens (tertiary/aromatic N) is 3. The van der Waals surface area contributed by atoms with E-state index in [2.05, 4.69) is 15.3 Å². The zero-order valence-electron chi connectivity index (χ0n) is 16.3. The molecule has 29 heavy (non-hydrogen) atoms. The van der Waals surface area contributed by atoms with Gasteiger partial charge >= 0.3 is 0 Å². The number of rotatable bonds is 5. The summed E-state index contributed by atoms with van der Waals surface area (Å²) in [5.74, 6) is -0.0981. The summed E-state index contributed by atoms with van der Waals surface area (Å²) in [6, 6.07) is 7.58. The van der Waals surface area contributed by atoms with Crippen LogP contribution in [0.1, 0.15) is 42.1 Å². The number of benzene rings is 1. The summed E-state index contributed by atoms with van der Waals surface area (Å²) in [5.41, 5.74) is 13.2.